The lowest BCUT2D eigenvalue weighted by Crippen LogP contribution is -2.47. The number of hydrogen-bond acceptors (Lipinski definition) is 7. The van der Waals surface area contributed by atoms with Gasteiger partial charge in [-0.15, -0.1) is 0 Å². The molecule has 27 heavy (non-hydrogen) atoms. The minimum atomic E-state index is 0.527. The van der Waals surface area contributed by atoms with E-state index in [1.54, 1.807) is 6.20 Å². The molecular formula is C20H25N7. The van der Waals surface area contributed by atoms with E-state index < -0.39 is 0 Å². The first-order chi connectivity index (χ1) is 13.2. The van der Waals surface area contributed by atoms with Crippen LogP contribution in [-0.2, 0) is 0 Å². The highest BCUT2D eigenvalue weighted by molar-refractivity contribution is 5.55. The molecule has 0 aliphatic carbocycles. The molecule has 2 aromatic heterocycles. The van der Waals surface area contributed by atoms with Crippen LogP contribution in [0, 0.1) is 18.3 Å². The number of rotatable bonds is 3. The van der Waals surface area contributed by atoms with E-state index in [0.717, 1.165) is 69.6 Å². The standard InChI is InChI=1S/C20H25N7/c1-15-24-18(16-4-7-22-8-5-16)13-19(25-15)26-9-11-27(12-10-26)20-17(14-21)3-2-6-23-20/h2-3,6,13,16,22H,4-5,7-12H2,1H3. The van der Waals surface area contributed by atoms with E-state index in [2.05, 4.69) is 32.2 Å². The fourth-order valence-electron chi connectivity index (χ4n) is 3.95. The number of hydrogen-bond donors (Lipinski definition) is 1. The smallest absolute Gasteiger partial charge is 0.146 e. The molecular weight excluding hydrogens is 338 g/mol. The van der Waals surface area contributed by atoms with Crippen LogP contribution < -0.4 is 15.1 Å². The van der Waals surface area contributed by atoms with E-state index in [0.29, 0.717) is 11.5 Å². The predicted octanol–water partition coefficient (Wildman–Crippen LogP) is 1.85. The number of nitriles is 1. The van der Waals surface area contributed by atoms with Crippen LogP contribution in [0.15, 0.2) is 24.4 Å². The molecule has 0 atom stereocenters. The summed E-state index contributed by atoms with van der Waals surface area (Å²) in [6.45, 7) is 7.50. The van der Waals surface area contributed by atoms with Gasteiger partial charge >= 0.3 is 0 Å². The van der Waals surface area contributed by atoms with Crippen LogP contribution >= 0.6 is 0 Å². The van der Waals surface area contributed by atoms with Crippen LogP contribution in [0.5, 0.6) is 0 Å². The van der Waals surface area contributed by atoms with Crippen LogP contribution in [-0.4, -0.2) is 54.2 Å². The van der Waals surface area contributed by atoms with Crippen LogP contribution in [0.1, 0.15) is 35.8 Å². The quantitative estimate of drug-likeness (QED) is 0.891. The van der Waals surface area contributed by atoms with Gasteiger partial charge in [0, 0.05) is 50.1 Å². The van der Waals surface area contributed by atoms with Crippen molar-refractivity contribution in [3.05, 3.63) is 41.5 Å². The molecule has 2 fully saturated rings. The summed E-state index contributed by atoms with van der Waals surface area (Å²) in [6, 6.07) is 8.06. The number of piperazine rings is 1. The lowest BCUT2D eigenvalue weighted by molar-refractivity contribution is 0.452. The second kappa shape index (κ2) is 7.89. The fraction of sp³-hybridized carbons (Fsp3) is 0.500. The molecule has 2 aromatic rings. The van der Waals surface area contributed by atoms with Crippen molar-refractivity contribution in [1.82, 2.24) is 20.3 Å². The molecule has 0 aromatic carbocycles. The van der Waals surface area contributed by atoms with E-state index >= 15 is 0 Å². The molecule has 0 radical (unpaired) electrons. The molecule has 7 nitrogen and oxygen atoms in total. The van der Waals surface area contributed by atoms with Gasteiger partial charge in [-0.3, -0.25) is 0 Å². The van der Waals surface area contributed by atoms with Gasteiger partial charge in [0.15, 0.2) is 0 Å². The summed E-state index contributed by atoms with van der Waals surface area (Å²) in [5, 5.41) is 12.7. The van der Waals surface area contributed by atoms with Gasteiger partial charge in [-0.2, -0.15) is 5.26 Å². The molecule has 7 heteroatoms. The molecule has 0 bridgehead atoms. The van der Waals surface area contributed by atoms with Crippen LogP contribution in [0.2, 0.25) is 0 Å². The van der Waals surface area contributed by atoms with Crippen LogP contribution in [0.4, 0.5) is 11.6 Å². The molecule has 2 aliphatic rings. The Labute approximate surface area is 160 Å². The van der Waals surface area contributed by atoms with Gasteiger partial charge in [0.25, 0.3) is 0 Å². The van der Waals surface area contributed by atoms with Crippen molar-refractivity contribution in [3.63, 3.8) is 0 Å². The van der Waals surface area contributed by atoms with E-state index in [9.17, 15) is 5.26 Å². The summed E-state index contributed by atoms with van der Waals surface area (Å²) >= 11 is 0. The number of piperidine rings is 1. The van der Waals surface area contributed by atoms with Crippen molar-refractivity contribution in [2.75, 3.05) is 49.1 Å². The lowest BCUT2D eigenvalue weighted by atomic mass is 9.94. The Morgan fingerprint density at radius 1 is 1.11 bits per heavy atom. The maximum absolute atomic E-state index is 9.32. The zero-order valence-corrected chi connectivity index (χ0v) is 15.7. The van der Waals surface area contributed by atoms with E-state index in [-0.39, 0.29) is 0 Å². The third-order valence-electron chi connectivity index (χ3n) is 5.41. The fourth-order valence-corrected chi connectivity index (χ4v) is 3.95. The highest BCUT2D eigenvalue weighted by Crippen LogP contribution is 2.27. The topological polar surface area (TPSA) is 81.0 Å². The summed E-state index contributed by atoms with van der Waals surface area (Å²) in [5.74, 6) is 3.19. The van der Waals surface area contributed by atoms with Crippen molar-refractivity contribution >= 4 is 11.6 Å². The molecule has 2 aliphatic heterocycles. The van der Waals surface area contributed by atoms with Gasteiger partial charge in [0.2, 0.25) is 0 Å². The maximum atomic E-state index is 9.32. The SMILES string of the molecule is Cc1nc(C2CCNCC2)cc(N2CCN(c3ncccc3C#N)CC2)n1. The van der Waals surface area contributed by atoms with Crippen LogP contribution in [0.3, 0.4) is 0 Å². The summed E-state index contributed by atoms with van der Waals surface area (Å²) < 4.78 is 0. The normalized spacial score (nSPS) is 18.4. The van der Waals surface area contributed by atoms with Crippen molar-refractivity contribution < 1.29 is 0 Å². The Balaban J connectivity index is 1.48. The Kier molecular flexibility index (Phi) is 5.16. The highest BCUT2D eigenvalue weighted by atomic mass is 15.3. The van der Waals surface area contributed by atoms with Crippen LogP contribution in [0.25, 0.3) is 0 Å². The summed E-state index contributed by atoms with van der Waals surface area (Å²) in [4.78, 5) is 18.3. The lowest BCUT2D eigenvalue weighted by Gasteiger charge is -2.36. The first kappa shape index (κ1) is 17.7. The minimum Gasteiger partial charge on any atom is -0.353 e. The Morgan fingerprint density at radius 2 is 1.85 bits per heavy atom. The number of anilines is 2. The zero-order valence-electron chi connectivity index (χ0n) is 15.7. The van der Waals surface area contributed by atoms with Gasteiger partial charge in [-0.05, 0) is 45.0 Å². The third kappa shape index (κ3) is 3.86. The highest BCUT2D eigenvalue weighted by Gasteiger charge is 2.23. The second-order valence-corrected chi connectivity index (χ2v) is 7.18. The Bertz CT molecular complexity index is 830. The number of aryl methyl sites for hydroxylation is 1. The van der Waals surface area contributed by atoms with Gasteiger partial charge in [0.1, 0.15) is 23.5 Å². The molecule has 0 saturated carbocycles. The van der Waals surface area contributed by atoms with Crippen molar-refractivity contribution in [3.8, 4) is 6.07 Å². The van der Waals surface area contributed by atoms with Gasteiger partial charge < -0.3 is 15.1 Å². The maximum Gasteiger partial charge on any atom is 0.146 e. The monoisotopic (exact) mass is 363 g/mol. The Morgan fingerprint density at radius 3 is 2.59 bits per heavy atom. The van der Waals surface area contributed by atoms with E-state index in [1.807, 2.05) is 19.1 Å². The number of pyridine rings is 1. The van der Waals surface area contributed by atoms with E-state index in [4.69, 9.17) is 9.97 Å². The molecule has 2 saturated heterocycles. The molecule has 1 N–H and O–H groups in total. The van der Waals surface area contributed by atoms with Gasteiger partial charge in [0.05, 0.1) is 5.56 Å². The predicted molar refractivity (Wildman–Crippen MR) is 105 cm³/mol. The van der Waals surface area contributed by atoms with Crippen molar-refractivity contribution in [2.45, 2.75) is 25.7 Å². The first-order valence-corrected chi connectivity index (χ1v) is 9.66. The minimum absolute atomic E-state index is 0.527. The number of nitrogens with zero attached hydrogens (tertiary/aromatic N) is 6. The first-order valence-electron chi connectivity index (χ1n) is 9.66. The van der Waals surface area contributed by atoms with Gasteiger partial charge in [-0.25, -0.2) is 15.0 Å². The third-order valence-corrected chi connectivity index (χ3v) is 5.41. The zero-order chi connectivity index (χ0) is 18.6. The largest absolute Gasteiger partial charge is 0.353 e. The molecule has 4 heterocycles. The molecule has 0 unspecified atom stereocenters. The van der Waals surface area contributed by atoms with Gasteiger partial charge in [-0.1, -0.05) is 0 Å². The number of aromatic nitrogens is 3. The van der Waals surface area contributed by atoms with Crippen molar-refractivity contribution in [2.24, 2.45) is 0 Å². The molecule has 0 amide bonds. The summed E-state index contributed by atoms with van der Waals surface area (Å²) in [6.07, 6.45) is 4.03. The average molecular weight is 363 g/mol. The molecule has 140 valence electrons. The second-order valence-electron chi connectivity index (χ2n) is 7.18. The van der Waals surface area contributed by atoms with E-state index in [1.165, 1.54) is 5.69 Å². The summed E-state index contributed by atoms with van der Waals surface area (Å²) in [5.41, 5.74) is 1.81. The average Bonchev–Trinajstić information content (AvgIpc) is 2.74. The van der Waals surface area contributed by atoms with Crippen molar-refractivity contribution in [1.29, 1.82) is 5.26 Å². The Hall–Kier alpha value is -2.72. The molecule has 0 spiro atoms. The summed E-state index contributed by atoms with van der Waals surface area (Å²) in [7, 11) is 0. The number of nitrogens with one attached hydrogen (secondary N) is 1. The molecule has 4 rings (SSSR count).